The first-order valence-corrected chi connectivity index (χ1v) is 8.09. The number of ether oxygens (including phenoxy) is 2. The zero-order chi connectivity index (χ0) is 16.8. The Kier molecular flexibility index (Phi) is 5.38. The summed E-state index contributed by atoms with van der Waals surface area (Å²) in [5.74, 6) is 2.27. The van der Waals surface area contributed by atoms with Crippen molar-refractivity contribution in [3.63, 3.8) is 0 Å². The Hall–Kier alpha value is -2.47. The predicted molar refractivity (Wildman–Crippen MR) is 89.0 cm³/mol. The van der Waals surface area contributed by atoms with Crippen LogP contribution in [0.25, 0.3) is 0 Å². The van der Waals surface area contributed by atoms with Crippen LogP contribution < -0.4 is 20.1 Å². The monoisotopic (exact) mass is 330 g/mol. The van der Waals surface area contributed by atoms with E-state index in [9.17, 15) is 4.79 Å². The highest BCUT2D eigenvalue weighted by molar-refractivity contribution is 5.78. The van der Waals surface area contributed by atoms with Gasteiger partial charge in [-0.15, -0.1) is 0 Å². The maximum Gasteiger partial charge on any atom is 0.234 e. The average Bonchev–Trinajstić information content (AvgIpc) is 3.05. The molecule has 1 atom stereocenters. The fourth-order valence-electron chi connectivity index (χ4n) is 2.77. The van der Waals surface area contributed by atoms with E-state index >= 15 is 0 Å². The first-order valence-electron chi connectivity index (χ1n) is 8.09. The van der Waals surface area contributed by atoms with E-state index in [2.05, 4.69) is 10.6 Å². The third-order valence-corrected chi connectivity index (χ3v) is 4.04. The van der Waals surface area contributed by atoms with Crippen LogP contribution in [0.3, 0.4) is 0 Å². The minimum Gasteiger partial charge on any atom is -0.497 e. The molecule has 6 nitrogen and oxygen atoms in total. The van der Waals surface area contributed by atoms with Crippen molar-refractivity contribution in [2.75, 3.05) is 20.3 Å². The van der Waals surface area contributed by atoms with Crippen LogP contribution in [0, 0.1) is 0 Å². The lowest BCUT2D eigenvalue weighted by Gasteiger charge is -2.18. The highest BCUT2D eigenvalue weighted by Gasteiger charge is 2.20. The van der Waals surface area contributed by atoms with E-state index in [4.69, 9.17) is 13.9 Å². The van der Waals surface area contributed by atoms with Crippen molar-refractivity contribution in [3.05, 3.63) is 47.9 Å². The van der Waals surface area contributed by atoms with E-state index in [1.807, 2.05) is 24.3 Å². The summed E-state index contributed by atoms with van der Waals surface area (Å²) in [4.78, 5) is 12.0. The van der Waals surface area contributed by atoms with Crippen LogP contribution in [0.4, 0.5) is 0 Å². The van der Waals surface area contributed by atoms with Crippen molar-refractivity contribution in [1.29, 1.82) is 0 Å². The van der Waals surface area contributed by atoms with Crippen molar-refractivity contribution in [2.45, 2.75) is 25.4 Å². The lowest BCUT2D eigenvalue weighted by molar-refractivity contribution is -0.120. The molecule has 1 aliphatic heterocycles. The van der Waals surface area contributed by atoms with Crippen LogP contribution in [0.2, 0.25) is 0 Å². The van der Waals surface area contributed by atoms with E-state index in [0.29, 0.717) is 13.2 Å². The molecule has 2 N–H and O–H groups in total. The van der Waals surface area contributed by atoms with E-state index < -0.39 is 0 Å². The van der Waals surface area contributed by atoms with Gasteiger partial charge in [0.1, 0.15) is 17.3 Å². The van der Waals surface area contributed by atoms with Gasteiger partial charge in [0.15, 0.2) is 0 Å². The molecule has 3 rings (SSSR count). The summed E-state index contributed by atoms with van der Waals surface area (Å²) < 4.78 is 16.2. The van der Waals surface area contributed by atoms with Crippen molar-refractivity contribution < 1.29 is 18.7 Å². The molecule has 0 fully saturated rings. The summed E-state index contributed by atoms with van der Waals surface area (Å²) in [6.07, 6.45) is 3.45. The largest absolute Gasteiger partial charge is 0.497 e. The predicted octanol–water partition coefficient (Wildman–Crippen LogP) is 2.41. The van der Waals surface area contributed by atoms with Gasteiger partial charge in [-0.2, -0.15) is 0 Å². The summed E-state index contributed by atoms with van der Waals surface area (Å²) in [5.41, 5.74) is 1.06. The maximum atomic E-state index is 12.0. The molecule has 0 radical (unpaired) electrons. The number of furan rings is 1. The Balaban J connectivity index is 1.57. The molecule has 128 valence electrons. The smallest absolute Gasteiger partial charge is 0.234 e. The maximum absolute atomic E-state index is 12.0. The molecule has 2 aromatic rings. The second-order valence-corrected chi connectivity index (χ2v) is 5.68. The summed E-state index contributed by atoms with van der Waals surface area (Å²) in [6, 6.07) is 9.53. The molecule has 0 unspecified atom stereocenters. The second-order valence-electron chi connectivity index (χ2n) is 5.68. The molecule has 2 heterocycles. The van der Waals surface area contributed by atoms with Crippen LogP contribution >= 0.6 is 0 Å². The molecule has 1 amide bonds. The quantitative estimate of drug-likeness (QED) is 0.851. The number of amides is 1. The van der Waals surface area contributed by atoms with E-state index in [0.717, 1.165) is 35.7 Å². The molecule has 0 saturated carbocycles. The topological polar surface area (TPSA) is 72.7 Å². The average molecular weight is 330 g/mol. The molecule has 1 aromatic heterocycles. The molecule has 0 spiro atoms. The molecule has 6 heteroatoms. The molecule has 1 aromatic carbocycles. The second kappa shape index (κ2) is 7.88. The number of methoxy groups -OCH3 is 1. The van der Waals surface area contributed by atoms with E-state index in [-0.39, 0.29) is 18.5 Å². The first kappa shape index (κ1) is 16.4. The van der Waals surface area contributed by atoms with Crippen LogP contribution in [0.15, 0.2) is 41.0 Å². The molecule has 0 aliphatic carbocycles. The number of fused-ring (bicyclic) bond motifs is 1. The number of carbonyl (C=O) groups is 1. The zero-order valence-corrected chi connectivity index (χ0v) is 13.7. The fraction of sp³-hybridized carbons (Fsp3) is 0.389. The van der Waals surface area contributed by atoms with Crippen molar-refractivity contribution in [1.82, 2.24) is 10.6 Å². The van der Waals surface area contributed by atoms with Gasteiger partial charge in [-0.05, 0) is 31.0 Å². The summed E-state index contributed by atoms with van der Waals surface area (Å²) in [7, 11) is 1.64. The third-order valence-electron chi connectivity index (χ3n) is 4.04. The standard InChI is InChI=1S/C18H22N2O4/c1-22-13-6-7-15-16(5-3-9-24-17(15)10-13)19-12-18(21)20-11-14-4-2-8-23-14/h2,4,6-8,10,16,19H,3,5,9,11-12H2,1H3,(H,20,21)/t16-/m1/s1. The Morgan fingerprint density at radius 1 is 1.38 bits per heavy atom. The SMILES string of the molecule is COc1ccc2c(c1)OCCC[C@H]2NCC(=O)NCc1ccco1. The van der Waals surface area contributed by atoms with Crippen molar-refractivity contribution in [2.24, 2.45) is 0 Å². The van der Waals surface area contributed by atoms with Gasteiger partial charge in [0.2, 0.25) is 5.91 Å². The van der Waals surface area contributed by atoms with Gasteiger partial charge in [-0.1, -0.05) is 6.07 Å². The molecule has 1 aliphatic rings. The van der Waals surface area contributed by atoms with Crippen LogP contribution in [-0.2, 0) is 11.3 Å². The first-order chi connectivity index (χ1) is 11.8. The summed E-state index contributed by atoms with van der Waals surface area (Å²) >= 11 is 0. The Morgan fingerprint density at radius 2 is 2.29 bits per heavy atom. The number of nitrogens with one attached hydrogen (secondary N) is 2. The number of hydrogen-bond acceptors (Lipinski definition) is 5. The van der Waals surface area contributed by atoms with Crippen molar-refractivity contribution >= 4 is 5.91 Å². The highest BCUT2D eigenvalue weighted by atomic mass is 16.5. The lowest BCUT2D eigenvalue weighted by atomic mass is 10.0. The highest BCUT2D eigenvalue weighted by Crippen LogP contribution is 2.34. The summed E-state index contributed by atoms with van der Waals surface area (Å²) in [5, 5.41) is 6.16. The van der Waals surface area contributed by atoms with Crippen molar-refractivity contribution in [3.8, 4) is 11.5 Å². The number of benzene rings is 1. The molecule has 0 bridgehead atoms. The summed E-state index contributed by atoms with van der Waals surface area (Å²) in [6.45, 7) is 1.31. The van der Waals surface area contributed by atoms with Gasteiger partial charge < -0.3 is 24.5 Å². The lowest BCUT2D eigenvalue weighted by Crippen LogP contribution is -2.35. The third kappa shape index (κ3) is 4.08. The van der Waals surface area contributed by atoms with Gasteiger partial charge >= 0.3 is 0 Å². The van der Waals surface area contributed by atoms with Gasteiger partial charge in [0.25, 0.3) is 0 Å². The number of carbonyl (C=O) groups excluding carboxylic acids is 1. The van der Waals surface area contributed by atoms with E-state index in [1.165, 1.54) is 0 Å². The minimum absolute atomic E-state index is 0.0633. The minimum atomic E-state index is -0.0633. The van der Waals surface area contributed by atoms with Gasteiger partial charge in [-0.3, -0.25) is 4.79 Å². The Bertz CT molecular complexity index is 670. The normalized spacial score (nSPS) is 16.6. The Labute approximate surface area is 141 Å². The van der Waals surface area contributed by atoms with Gasteiger partial charge in [-0.25, -0.2) is 0 Å². The molecular weight excluding hydrogens is 308 g/mol. The van der Waals surface area contributed by atoms with Gasteiger partial charge in [0, 0.05) is 17.7 Å². The molecule has 24 heavy (non-hydrogen) atoms. The Morgan fingerprint density at radius 3 is 3.08 bits per heavy atom. The zero-order valence-electron chi connectivity index (χ0n) is 13.7. The van der Waals surface area contributed by atoms with Crippen LogP contribution in [0.1, 0.15) is 30.2 Å². The molecule has 0 saturated heterocycles. The van der Waals surface area contributed by atoms with Gasteiger partial charge in [0.05, 0.1) is 33.1 Å². The molecular formula is C18H22N2O4. The van der Waals surface area contributed by atoms with E-state index in [1.54, 1.807) is 19.4 Å². The number of rotatable bonds is 6. The van der Waals surface area contributed by atoms with Crippen LogP contribution in [0.5, 0.6) is 11.5 Å². The number of hydrogen-bond donors (Lipinski definition) is 2. The van der Waals surface area contributed by atoms with Crippen LogP contribution in [-0.4, -0.2) is 26.2 Å². The fourth-order valence-corrected chi connectivity index (χ4v) is 2.77.